The third kappa shape index (κ3) is 3.88. The normalized spacial score (nSPS) is 14.2. The smallest absolute Gasteiger partial charge is 0.300 e. The summed E-state index contributed by atoms with van der Waals surface area (Å²) in [6, 6.07) is 12.7. The van der Waals surface area contributed by atoms with Gasteiger partial charge in [-0.3, -0.25) is 0 Å². The monoisotopic (exact) mass is 395 g/mol. The molecule has 0 aliphatic carbocycles. The molecule has 2 rings (SSSR count). The first-order chi connectivity index (χ1) is 12.6. The summed E-state index contributed by atoms with van der Waals surface area (Å²) in [5, 5.41) is 9.81. The van der Waals surface area contributed by atoms with Gasteiger partial charge >= 0.3 is 6.18 Å². The highest BCUT2D eigenvalue weighted by Crippen LogP contribution is 2.43. The van der Waals surface area contributed by atoms with Crippen LogP contribution in [0.4, 0.5) is 13.2 Å². The van der Waals surface area contributed by atoms with E-state index in [0.717, 1.165) is 12.1 Å². The molecule has 0 spiro atoms. The minimum atomic E-state index is -4.91. The van der Waals surface area contributed by atoms with Crippen molar-refractivity contribution in [3.8, 4) is 6.07 Å². The second-order valence-corrected chi connectivity index (χ2v) is 8.15. The van der Waals surface area contributed by atoms with Gasteiger partial charge in [-0.05, 0) is 31.0 Å². The van der Waals surface area contributed by atoms with Crippen LogP contribution in [0.3, 0.4) is 0 Å². The molecule has 0 radical (unpaired) electrons. The van der Waals surface area contributed by atoms with Gasteiger partial charge < -0.3 is 4.79 Å². The van der Waals surface area contributed by atoms with Crippen LogP contribution in [0.2, 0.25) is 0 Å². The summed E-state index contributed by atoms with van der Waals surface area (Å²) in [5.74, 6) is -0.370. The van der Waals surface area contributed by atoms with E-state index in [2.05, 4.69) is 0 Å². The van der Waals surface area contributed by atoms with E-state index in [0.29, 0.717) is 6.07 Å². The van der Waals surface area contributed by atoms with Gasteiger partial charge in [-0.25, -0.2) is 8.42 Å². The number of alkyl halides is 3. The molecule has 0 aromatic heterocycles. The van der Waals surface area contributed by atoms with Gasteiger partial charge in [0.1, 0.15) is 5.78 Å². The molecular formula is C19H16F3NO3S. The summed E-state index contributed by atoms with van der Waals surface area (Å²) in [7, 11) is -4.81. The predicted molar refractivity (Wildman–Crippen MR) is 92.3 cm³/mol. The molecule has 0 saturated heterocycles. The molecule has 27 heavy (non-hydrogen) atoms. The Balaban J connectivity index is 2.80. The van der Waals surface area contributed by atoms with Crippen LogP contribution in [0, 0.1) is 11.3 Å². The Morgan fingerprint density at radius 1 is 1.04 bits per heavy atom. The number of ketones is 1. The SMILES string of the molecule is CC(=O)CC[C@](C#N)(c1ccccc1)S(=O)(=O)c1ccccc1C(F)(F)F. The van der Waals surface area contributed by atoms with Crippen LogP contribution in [-0.2, 0) is 25.6 Å². The molecule has 4 nitrogen and oxygen atoms in total. The van der Waals surface area contributed by atoms with E-state index in [-0.39, 0.29) is 17.8 Å². The predicted octanol–water partition coefficient (Wildman–Crippen LogP) is 4.27. The van der Waals surface area contributed by atoms with E-state index in [9.17, 15) is 31.6 Å². The number of halogens is 3. The molecule has 0 bridgehead atoms. The lowest BCUT2D eigenvalue weighted by Crippen LogP contribution is -2.36. The highest BCUT2D eigenvalue weighted by atomic mass is 32.2. The average Bonchev–Trinajstić information content (AvgIpc) is 2.62. The van der Waals surface area contributed by atoms with E-state index in [1.165, 1.54) is 37.3 Å². The number of carbonyl (C=O) groups excluding carboxylic acids is 1. The molecule has 2 aromatic rings. The van der Waals surface area contributed by atoms with Gasteiger partial charge in [0, 0.05) is 6.42 Å². The number of rotatable bonds is 6. The van der Waals surface area contributed by atoms with Crippen molar-refractivity contribution >= 4 is 15.6 Å². The van der Waals surface area contributed by atoms with Gasteiger partial charge in [0.2, 0.25) is 9.84 Å². The van der Waals surface area contributed by atoms with Gasteiger partial charge in [0.05, 0.1) is 16.5 Å². The summed E-state index contributed by atoms with van der Waals surface area (Å²) in [5.41, 5.74) is -1.32. The first-order valence-corrected chi connectivity index (χ1v) is 9.41. The summed E-state index contributed by atoms with van der Waals surface area (Å²) in [6.07, 6.45) is -5.63. The maximum absolute atomic E-state index is 13.4. The number of nitrogens with zero attached hydrogens (tertiary/aromatic N) is 1. The Morgan fingerprint density at radius 3 is 2.11 bits per heavy atom. The number of benzene rings is 2. The minimum Gasteiger partial charge on any atom is -0.300 e. The van der Waals surface area contributed by atoms with Crippen molar-refractivity contribution in [2.75, 3.05) is 0 Å². The number of carbonyl (C=O) groups is 1. The van der Waals surface area contributed by atoms with Gasteiger partial charge in [0.15, 0.2) is 4.75 Å². The highest BCUT2D eigenvalue weighted by Gasteiger charge is 2.50. The zero-order valence-electron chi connectivity index (χ0n) is 14.3. The van der Waals surface area contributed by atoms with Crippen LogP contribution >= 0.6 is 0 Å². The Bertz CT molecular complexity index is 979. The molecule has 0 unspecified atom stereocenters. The summed E-state index contributed by atoms with van der Waals surface area (Å²) in [4.78, 5) is 10.5. The molecule has 0 aliphatic rings. The lowest BCUT2D eigenvalue weighted by molar-refractivity contribution is -0.139. The van der Waals surface area contributed by atoms with Crippen LogP contribution in [0.1, 0.15) is 30.9 Å². The zero-order chi connectivity index (χ0) is 20.3. The van der Waals surface area contributed by atoms with Crippen LogP contribution in [-0.4, -0.2) is 14.2 Å². The van der Waals surface area contributed by atoms with Crippen LogP contribution in [0.25, 0.3) is 0 Å². The minimum absolute atomic E-state index is 0.0192. The first kappa shape index (κ1) is 20.6. The molecular weight excluding hydrogens is 379 g/mol. The Labute approximate surface area is 155 Å². The van der Waals surface area contributed by atoms with Gasteiger partial charge in [-0.2, -0.15) is 18.4 Å². The molecule has 2 aromatic carbocycles. The summed E-state index contributed by atoms with van der Waals surface area (Å²) in [6.45, 7) is 1.23. The quantitative estimate of drug-likeness (QED) is 0.732. The van der Waals surface area contributed by atoms with Crippen molar-refractivity contribution in [1.29, 1.82) is 5.26 Å². The standard InChI is InChI=1S/C19H16F3NO3S/c1-14(24)11-12-18(13-23,15-7-3-2-4-8-15)27(25,26)17-10-6-5-9-16(17)19(20,21)22/h2-10H,11-12H2,1H3/t18-/m0/s1. The molecule has 0 fully saturated rings. The maximum atomic E-state index is 13.4. The van der Waals surface area contributed by atoms with Crippen molar-refractivity contribution in [2.24, 2.45) is 0 Å². The highest BCUT2D eigenvalue weighted by molar-refractivity contribution is 7.92. The van der Waals surface area contributed by atoms with Gasteiger partial charge in [-0.1, -0.05) is 42.5 Å². The number of hydrogen-bond donors (Lipinski definition) is 0. The maximum Gasteiger partial charge on any atom is 0.417 e. The third-order valence-corrected chi connectivity index (χ3v) is 6.57. The third-order valence-electron chi connectivity index (χ3n) is 4.19. The molecule has 8 heteroatoms. The molecule has 142 valence electrons. The Morgan fingerprint density at radius 2 is 1.59 bits per heavy atom. The van der Waals surface area contributed by atoms with E-state index >= 15 is 0 Å². The largest absolute Gasteiger partial charge is 0.417 e. The van der Waals surface area contributed by atoms with Crippen molar-refractivity contribution in [2.45, 2.75) is 35.6 Å². The number of hydrogen-bond acceptors (Lipinski definition) is 4. The molecule has 0 N–H and O–H groups in total. The molecule has 0 amide bonds. The van der Waals surface area contributed by atoms with Crippen LogP contribution in [0.5, 0.6) is 0 Å². The topological polar surface area (TPSA) is 75.0 Å². The van der Waals surface area contributed by atoms with E-state index < -0.39 is 37.6 Å². The lowest BCUT2D eigenvalue weighted by Gasteiger charge is -2.28. The van der Waals surface area contributed by atoms with Crippen molar-refractivity contribution in [3.63, 3.8) is 0 Å². The van der Waals surface area contributed by atoms with Crippen molar-refractivity contribution in [3.05, 3.63) is 65.7 Å². The van der Waals surface area contributed by atoms with E-state index in [1.54, 1.807) is 12.1 Å². The number of nitriles is 1. The number of Topliss-reactive ketones (excluding diaryl/α,β-unsaturated/α-hetero) is 1. The Hall–Kier alpha value is -2.66. The van der Waals surface area contributed by atoms with Crippen molar-refractivity contribution in [1.82, 2.24) is 0 Å². The first-order valence-electron chi connectivity index (χ1n) is 7.93. The number of sulfone groups is 1. The van der Waals surface area contributed by atoms with E-state index in [1.807, 2.05) is 0 Å². The molecule has 0 saturated carbocycles. The average molecular weight is 395 g/mol. The fourth-order valence-electron chi connectivity index (χ4n) is 2.80. The Kier molecular flexibility index (Phi) is 5.76. The van der Waals surface area contributed by atoms with Crippen LogP contribution in [0.15, 0.2) is 59.5 Å². The van der Waals surface area contributed by atoms with E-state index in [4.69, 9.17) is 0 Å². The second kappa shape index (κ2) is 7.53. The van der Waals surface area contributed by atoms with Gasteiger partial charge in [-0.15, -0.1) is 0 Å². The lowest BCUT2D eigenvalue weighted by atomic mass is 9.93. The van der Waals surface area contributed by atoms with Crippen molar-refractivity contribution < 1.29 is 26.4 Å². The molecule has 0 aliphatic heterocycles. The molecule has 0 heterocycles. The fraction of sp³-hybridized carbons (Fsp3) is 0.263. The summed E-state index contributed by atoms with van der Waals surface area (Å²) < 4.78 is 64.5. The summed E-state index contributed by atoms with van der Waals surface area (Å²) >= 11 is 0. The van der Waals surface area contributed by atoms with Crippen LogP contribution < -0.4 is 0 Å². The zero-order valence-corrected chi connectivity index (χ0v) is 15.1. The fourth-order valence-corrected chi connectivity index (χ4v) is 4.84. The second-order valence-electron chi connectivity index (χ2n) is 6.00. The van der Waals surface area contributed by atoms with Gasteiger partial charge in [0.25, 0.3) is 0 Å². The molecule has 1 atom stereocenters.